The zero-order valence-electron chi connectivity index (χ0n) is 13.2. The predicted octanol–water partition coefficient (Wildman–Crippen LogP) is 3.26. The molecular formula is C15H28N4O. The Labute approximate surface area is 122 Å². The fourth-order valence-electron chi connectivity index (χ4n) is 1.72. The molecule has 3 N–H and O–H groups in total. The highest BCUT2D eigenvalue weighted by atomic mass is 16.5. The molecule has 0 radical (unpaired) electrons. The van der Waals surface area contributed by atoms with Crippen LogP contribution in [0.1, 0.15) is 52.8 Å². The lowest BCUT2D eigenvalue weighted by molar-refractivity contribution is 0.262. The topological polar surface area (TPSA) is 73.1 Å². The van der Waals surface area contributed by atoms with Crippen molar-refractivity contribution in [1.29, 1.82) is 0 Å². The molecule has 5 nitrogen and oxygen atoms in total. The van der Waals surface area contributed by atoms with E-state index < -0.39 is 0 Å². The number of nitrogens with one attached hydrogen (secondary N) is 1. The van der Waals surface area contributed by atoms with Crippen molar-refractivity contribution >= 4 is 11.5 Å². The van der Waals surface area contributed by atoms with Gasteiger partial charge in [-0.2, -0.15) is 4.98 Å². The summed E-state index contributed by atoms with van der Waals surface area (Å²) in [4.78, 5) is 8.82. The maximum absolute atomic E-state index is 6.10. The van der Waals surface area contributed by atoms with Crippen molar-refractivity contribution in [1.82, 2.24) is 9.97 Å². The molecule has 20 heavy (non-hydrogen) atoms. The van der Waals surface area contributed by atoms with Gasteiger partial charge in [-0.25, -0.2) is 4.98 Å². The van der Waals surface area contributed by atoms with E-state index in [2.05, 4.69) is 36.1 Å². The molecule has 114 valence electrons. The van der Waals surface area contributed by atoms with Crippen molar-refractivity contribution in [2.24, 2.45) is 5.92 Å². The third kappa shape index (κ3) is 5.23. The van der Waals surface area contributed by atoms with E-state index >= 15 is 0 Å². The van der Waals surface area contributed by atoms with E-state index in [0.717, 1.165) is 25.2 Å². The van der Waals surface area contributed by atoms with E-state index in [9.17, 15) is 0 Å². The SMILES string of the molecule is CCCCCNc1nc(CC)nc(OCC(C)C)c1N. The Morgan fingerprint density at radius 1 is 1.20 bits per heavy atom. The van der Waals surface area contributed by atoms with Crippen molar-refractivity contribution in [3.8, 4) is 5.88 Å². The number of hydrogen-bond acceptors (Lipinski definition) is 5. The zero-order chi connectivity index (χ0) is 15.0. The summed E-state index contributed by atoms with van der Waals surface area (Å²) < 4.78 is 5.69. The smallest absolute Gasteiger partial charge is 0.242 e. The van der Waals surface area contributed by atoms with Crippen LogP contribution in [0.15, 0.2) is 0 Å². The summed E-state index contributed by atoms with van der Waals surface area (Å²) >= 11 is 0. The number of ether oxygens (including phenoxy) is 1. The minimum Gasteiger partial charge on any atom is -0.476 e. The second kappa shape index (κ2) is 8.61. The molecule has 1 aromatic heterocycles. The molecule has 0 saturated carbocycles. The Morgan fingerprint density at radius 3 is 2.55 bits per heavy atom. The number of hydrogen-bond donors (Lipinski definition) is 2. The first-order valence-electron chi connectivity index (χ1n) is 7.61. The molecule has 0 bridgehead atoms. The highest BCUT2D eigenvalue weighted by Crippen LogP contribution is 2.26. The second-order valence-electron chi connectivity index (χ2n) is 5.40. The van der Waals surface area contributed by atoms with Gasteiger partial charge in [0.25, 0.3) is 0 Å². The molecule has 5 heteroatoms. The van der Waals surface area contributed by atoms with Crippen LogP contribution in [0.2, 0.25) is 0 Å². The van der Waals surface area contributed by atoms with Crippen LogP contribution in [0.5, 0.6) is 5.88 Å². The van der Waals surface area contributed by atoms with Crippen LogP contribution >= 0.6 is 0 Å². The van der Waals surface area contributed by atoms with Crippen molar-refractivity contribution in [3.05, 3.63) is 5.82 Å². The standard InChI is InChI=1S/C15H28N4O/c1-5-7-8-9-17-14-13(16)15(20-10-11(3)4)19-12(6-2)18-14/h11H,5-10,16H2,1-4H3,(H,17,18,19). The van der Waals surface area contributed by atoms with E-state index in [1.165, 1.54) is 12.8 Å². The molecule has 0 atom stereocenters. The number of nitrogens with two attached hydrogens (primary N) is 1. The zero-order valence-corrected chi connectivity index (χ0v) is 13.2. The lowest BCUT2D eigenvalue weighted by atomic mass is 10.2. The Bertz CT molecular complexity index is 407. The van der Waals surface area contributed by atoms with Gasteiger partial charge in [-0.1, -0.05) is 40.5 Å². The summed E-state index contributed by atoms with van der Waals surface area (Å²) in [5.74, 6) is 2.40. The van der Waals surface area contributed by atoms with E-state index in [4.69, 9.17) is 10.5 Å². The van der Waals surface area contributed by atoms with Gasteiger partial charge in [0, 0.05) is 13.0 Å². The van der Waals surface area contributed by atoms with Crippen LogP contribution in [-0.2, 0) is 6.42 Å². The number of nitrogens with zero attached hydrogens (tertiary/aromatic N) is 2. The van der Waals surface area contributed by atoms with Crippen LogP contribution in [0.25, 0.3) is 0 Å². The molecule has 1 aromatic rings. The average Bonchev–Trinajstić information content (AvgIpc) is 2.43. The first-order chi connectivity index (χ1) is 9.58. The Balaban J connectivity index is 2.78. The van der Waals surface area contributed by atoms with Crippen LogP contribution < -0.4 is 15.8 Å². The fourth-order valence-corrected chi connectivity index (χ4v) is 1.72. The van der Waals surface area contributed by atoms with Gasteiger partial charge in [-0.15, -0.1) is 0 Å². The molecule has 0 unspecified atom stereocenters. The normalized spacial score (nSPS) is 10.8. The molecule has 0 amide bonds. The number of aryl methyl sites for hydroxylation is 1. The molecule has 0 aliphatic rings. The van der Waals surface area contributed by atoms with Crippen molar-refractivity contribution < 1.29 is 4.74 Å². The average molecular weight is 280 g/mol. The molecule has 0 aromatic carbocycles. The summed E-state index contributed by atoms with van der Waals surface area (Å²) in [6.45, 7) is 9.90. The van der Waals surface area contributed by atoms with Crippen LogP contribution in [-0.4, -0.2) is 23.1 Å². The Kier molecular flexibility index (Phi) is 7.12. The van der Waals surface area contributed by atoms with Gasteiger partial charge < -0.3 is 15.8 Å². The molecule has 0 fully saturated rings. The number of rotatable bonds is 9. The minimum atomic E-state index is 0.440. The summed E-state index contributed by atoms with van der Waals surface area (Å²) in [6, 6.07) is 0. The Hall–Kier alpha value is -1.52. The van der Waals surface area contributed by atoms with Gasteiger partial charge in [-0.05, 0) is 12.3 Å². The first-order valence-corrected chi connectivity index (χ1v) is 7.61. The van der Waals surface area contributed by atoms with Gasteiger partial charge in [0.2, 0.25) is 5.88 Å². The van der Waals surface area contributed by atoms with Gasteiger partial charge in [-0.3, -0.25) is 0 Å². The number of aromatic nitrogens is 2. The number of anilines is 2. The van der Waals surface area contributed by atoms with Crippen molar-refractivity contribution in [2.75, 3.05) is 24.2 Å². The van der Waals surface area contributed by atoms with Crippen molar-refractivity contribution in [2.45, 2.75) is 53.4 Å². The second-order valence-corrected chi connectivity index (χ2v) is 5.40. The molecule has 0 aliphatic carbocycles. The van der Waals surface area contributed by atoms with E-state index in [0.29, 0.717) is 29.9 Å². The molecular weight excluding hydrogens is 252 g/mol. The van der Waals surface area contributed by atoms with Crippen LogP contribution in [0.4, 0.5) is 11.5 Å². The monoisotopic (exact) mass is 280 g/mol. The highest BCUT2D eigenvalue weighted by molar-refractivity contribution is 5.66. The third-order valence-electron chi connectivity index (χ3n) is 2.90. The van der Waals surface area contributed by atoms with Gasteiger partial charge in [0.05, 0.1) is 6.61 Å². The maximum Gasteiger partial charge on any atom is 0.242 e. The van der Waals surface area contributed by atoms with E-state index in [-0.39, 0.29) is 0 Å². The quantitative estimate of drug-likeness (QED) is 0.679. The van der Waals surface area contributed by atoms with E-state index in [1.807, 2.05) is 6.92 Å². The number of unbranched alkanes of at least 4 members (excludes halogenated alkanes) is 2. The predicted molar refractivity (Wildman–Crippen MR) is 84.2 cm³/mol. The lowest BCUT2D eigenvalue weighted by Crippen LogP contribution is -2.13. The molecule has 0 saturated heterocycles. The summed E-state index contributed by atoms with van der Waals surface area (Å²) in [5.41, 5.74) is 6.61. The molecule has 1 rings (SSSR count). The largest absolute Gasteiger partial charge is 0.476 e. The molecule has 1 heterocycles. The van der Waals surface area contributed by atoms with Gasteiger partial charge >= 0.3 is 0 Å². The molecule has 0 spiro atoms. The van der Waals surface area contributed by atoms with Crippen molar-refractivity contribution in [3.63, 3.8) is 0 Å². The number of nitrogen functional groups attached to an aromatic ring is 1. The lowest BCUT2D eigenvalue weighted by Gasteiger charge is -2.14. The summed E-state index contributed by atoms with van der Waals surface area (Å²) in [7, 11) is 0. The van der Waals surface area contributed by atoms with Gasteiger partial charge in [0.1, 0.15) is 11.5 Å². The van der Waals surface area contributed by atoms with Crippen LogP contribution in [0, 0.1) is 5.92 Å². The van der Waals surface area contributed by atoms with Crippen LogP contribution in [0.3, 0.4) is 0 Å². The van der Waals surface area contributed by atoms with E-state index in [1.54, 1.807) is 0 Å². The minimum absolute atomic E-state index is 0.440. The first kappa shape index (κ1) is 16.5. The highest BCUT2D eigenvalue weighted by Gasteiger charge is 2.12. The summed E-state index contributed by atoms with van der Waals surface area (Å²) in [5, 5.41) is 3.29. The molecule has 0 aliphatic heterocycles. The third-order valence-corrected chi connectivity index (χ3v) is 2.90. The summed E-state index contributed by atoms with van der Waals surface area (Å²) in [6.07, 6.45) is 4.28. The Morgan fingerprint density at radius 2 is 1.95 bits per heavy atom. The van der Waals surface area contributed by atoms with Gasteiger partial charge in [0.15, 0.2) is 5.82 Å². The maximum atomic E-state index is 6.10. The fraction of sp³-hybridized carbons (Fsp3) is 0.733.